The van der Waals surface area contributed by atoms with Crippen molar-refractivity contribution in [3.05, 3.63) is 45.7 Å². The van der Waals surface area contributed by atoms with Crippen LogP contribution in [0.25, 0.3) is 0 Å². The highest BCUT2D eigenvalue weighted by molar-refractivity contribution is 7.09. The fourth-order valence-electron chi connectivity index (χ4n) is 1.70. The van der Waals surface area contributed by atoms with Gasteiger partial charge in [0.05, 0.1) is 10.7 Å². The van der Waals surface area contributed by atoms with Crippen LogP contribution in [0.15, 0.2) is 23.6 Å². The molecule has 1 N–H and O–H groups in total. The first-order valence-corrected chi connectivity index (χ1v) is 6.89. The third-order valence-corrected chi connectivity index (χ3v) is 3.72. The molecule has 1 aromatic carbocycles. The Hall–Kier alpha value is -1.75. The summed E-state index contributed by atoms with van der Waals surface area (Å²) in [4.78, 5) is 15.6. The Bertz CT molecular complexity index is 595. The van der Waals surface area contributed by atoms with Crippen LogP contribution in [0.2, 0.25) is 0 Å². The lowest BCUT2D eigenvalue weighted by molar-refractivity contribution is 0.101. The van der Waals surface area contributed by atoms with Gasteiger partial charge in [0, 0.05) is 29.6 Å². The van der Waals surface area contributed by atoms with E-state index in [9.17, 15) is 9.18 Å². The molecule has 0 radical (unpaired) electrons. The minimum Gasteiger partial charge on any atom is -0.382 e. The molecule has 1 heterocycles. The van der Waals surface area contributed by atoms with Crippen LogP contribution >= 0.6 is 11.3 Å². The highest BCUT2D eigenvalue weighted by Crippen LogP contribution is 2.17. The molecule has 0 aliphatic rings. The largest absolute Gasteiger partial charge is 0.382 e. The number of nitrogens with one attached hydrogen (secondary N) is 1. The molecular weight excluding hydrogens is 263 g/mol. The SMILES string of the molecule is CC(=O)c1ccc(F)c(NCCc2nc(C)cs2)c1. The number of halogens is 1. The summed E-state index contributed by atoms with van der Waals surface area (Å²) >= 11 is 1.60. The van der Waals surface area contributed by atoms with Crippen molar-refractivity contribution in [3.63, 3.8) is 0 Å². The molecule has 0 unspecified atom stereocenters. The summed E-state index contributed by atoms with van der Waals surface area (Å²) in [5.41, 5.74) is 1.87. The number of rotatable bonds is 5. The van der Waals surface area contributed by atoms with Crippen molar-refractivity contribution < 1.29 is 9.18 Å². The number of hydrogen-bond donors (Lipinski definition) is 1. The van der Waals surface area contributed by atoms with E-state index >= 15 is 0 Å². The Labute approximate surface area is 115 Å². The van der Waals surface area contributed by atoms with Crippen LogP contribution in [0, 0.1) is 12.7 Å². The van der Waals surface area contributed by atoms with Gasteiger partial charge in [0.2, 0.25) is 0 Å². The Morgan fingerprint density at radius 3 is 2.89 bits per heavy atom. The number of nitrogens with zero attached hydrogens (tertiary/aromatic N) is 1. The summed E-state index contributed by atoms with van der Waals surface area (Å²) in [6.45, 7) is 4.00. The van der Waals surface area contributed by atoms with E-state index in [0.29, 0.717) is 17.8 Å². The molecule has 2 rings (SSSR count). The molecule has 0 atom stereocenters. The number of aromatic nitrogens is 1. The van der Waals surface area contributed by atoms with E-state index in [1.807, 2.05) is 12.3 Å². The number of ketones is 1. The van der Waals surface area contributed by atoms with E-state index in [0.717, 1.165) is 17.1 Å². The number of carbonyl (C=O) groups is 1. The molecule has 3 nitrogen and oxygen atoms in total. The summed E-state index contributed by atoms with van der Waals surface area (Å²) in [5.74, 6) is -0.418. The Kier molecular flexibility index (Phi) is 4.27. The molecule has 0 saturated carbocycles. The lowest BCUT2D eigenvalue weighted by atomic mass is 10.1. The number of Topliss-reactive ketones (excluding diaryl/α,β-unsaturated/α-hetero) is 1. The zero-order valence-corrected chi connectivity index (χ0v) is 11.7. The van der Waals surface area contributed by atoms with Crippen LogP contribution in [-0.2, 0) is 6.42 Å². The molecule has 0 bridgehead atoms. The van der Waals surface area contributed by atoms with E-state index in [2.05, 4.69) is 10.3 Å². The third-order valence-electron chi connectivity index (χ3n) is 2.69. The molecule has 2 aromatic rings. The summed E-state index contributed by atoms with van der Waals surface area (Å²) < 4.78 is 13.6. The molecule has 19 heavy (non-hydrogen) atoms. The molecule has 0 spiro atoms. The number of hydrogen-bond acceptors (Lipinski definition) is 4. The minimum absolute atomic E-state index is 0.0707. The Morgan fingerprint density at radius 1 is 1.47 bits per heavy atom. The predicted octanol–water partition coefficient (Wildman–Crippen LogP) is 3.45. The fraction of sp³-hybridized carbons (Fsp3) is 0.286. The van der Waals surface area contributed by atoms with Gasteiger partial charge in [0.15, 0.2) is 5.78 Å². The van der Waals surface area contributed by atoms with Gasteiger partial charge in [0.1, 0.15) is 5.82 Å². The van der Waals surface area contributed by atoms with Gasteiger partial charge in [-0.25, -0.2) is 9.37 Å². The highest BCUT2D eigenvalue weighted by atomic mass is 32.1. The summed E-state index contributed by atoms with van der Waals surface area (Å²) in [6, 6.07) is 4.35. The molecule has 1 aromatic heterocycles. The predicted molar refractivity (Wildman–Crippen MR) is 75.4 cm³/mol. The number of carbonyl (C=O) groups excluding carboxylic acids is 1. The number of anilines is 1. The van der Waals surface area contributed by atoms with Crippen LogP contribution in [0.4, 0.5) is 10.1 Å². The number of thiazole rings is 1. The van der Waals surface area contributed by atoms with E-state index < -0.39 is 0 Å². The van der Waals surface area contributed by atoms with Gasteiger partial charge in [-0.15, -0.1) is 11.3 Å². The Balaban J connectivity index is 1.99. The van der Waals surface area contributed by atoms with Crippen molar-refractivity contribution in [2.75, 3.05) is 11.9 Å². The zero-order chi connectivity index (χ0) is 13.8. The van der Waals surface area contributed by atoms with E-state index in [-0.39, 0.29) is 11.6 Å². The Morgan fingerprint density at radius 2 is 2.26 bits per heavy atom. The van der Waals surface area contributed by atoms with Crippen LogP contribution in [0.1, 0.15) is 28.0 Å². The second kappa shape index (κ2) is 5.93. The van der Waals surface area contributed by atoms with Crippen LogP contribution in [-0.4, -0.2) is 17.3 Å². The average Bonchev–Trinajstić information content (AvgIpc) is 2.77. The zero-order valence-electron chi connectivity index (χ0n) is 10.9. The van der Waals surface area contributed by atoms with Gasteiger partial charge in [-0.2, -0.15) is 0 Å². The smallest absolute Gasteiger partial charge is 0.159 e. The molecule has 0 aliphatic heterocycles. The second-order valence-corrected chi connectivity index (χ2v) is 5.25. The average molecular weight is 278 g/mol. The molecule has 100 valence electrons. The van der Waals surface area contributed by atoms with Gasteiger partial charge in [-0.3, -0.25) is 4.79 Å². The first-order chi connectivity index (χ1) is 9.06. The molecule has 0 amide bonds. The van der Waals surface area contributed by atoms with Crippen LogP contribution in [0.3, 0.4) is 0 Å². The quantitative estimate of drug-likeness (QED) is 0.852. The molecular formula is C14H15FN2OS. The molecule has 0 saturated heterocycles. The van der Waals surface area contributed by atoms with Crippen molar-refractivity contribution >= 4 is 22.8 Å². The van der Waals surface area contributed by atoms with E-state index in [4.69, 9.17) is 0 Å². The maximum atomic E-state index is 13.6. The first kappa shape index (κ1) is 13.7. The maximum Gasteiger partial charge on any atom is 0.159 e. The summed E-state index contributed by atoms with van der Waals surface area (Å²) in [7, 11) is 0. The van der Waals surface area contributed by atoms with Gasteiger partial charge >= 0.3 is 0 Å². The van der Waals surface area contributed by atoms with Crippen molar-refractivity contribution in [1.82, 2.24) is 4.98 Å². The normalized spacial score (nSPS) is 10.5. The topological polar surface area (TPSA) is 42.0 Å². The van der Waals surface area contributed by atoms with Crippen molar-refractivity contribution in [2.24, 2.45) is 0 Å². The van der Waals surface area contributed by atoms with E-state index in [1.54, 1.807) is 17.4 Å². The maximum absolute atomic E-state index is 13.6. The monoisotopic (exact) mass is 278 g/mol. The standard InChI is InChI=1S/C14H15FN2OS/c1-9-8-19-14(17-9)5-6-16-13-7-11(10(2)18)3-4-12(13)15/h3-4,7-8,16H,5-6H2,1-2H3. The highest BCUT2D eigenvalue weighted by Gasteiger charge is 2.06. The van der Waals surface area contributed by atoms with Crippen LogP contribution < -0.4 is 5.32 Å². The van der Waals surface area contributed by atoms with Gasteiger partial charge < -0.3 is 5.32 Å². The van der Waals surface area contributed by atoms with Crippen molar-refractivity contribution in [1.29, 1.82) is 0 Å². The minimum atomic E-state index is -0.347. The van der Waals surface area contributed by atoms with Crippen molar-refractivity contribution in [2.45, 2.75) is 20.3 Å². The van der Waals surface area contributed by atoms with Crippen LogP contribution in [0.5, 0.6) is 0 Å². The summed E-state index contributed by atoms with van der Waals surface area (Å²) in [5, 5.41) is 6.02. The second-order valence-electron chi connectivity index (χ2n) is 4.31. The molecule has 0 aliphatic carbocycles. The van der Waals surface area contributed by atoms with Gasteiger partial charge in [0.25, 0.3) is 0 Å². The molecule has 0 fully saturated rings. The van der Waals surface area contributed by atoms with E-state index in [1.165, 1.54) is 19.1 Å². The fourth-order valence-corrected chi connectivity index (χ4v) is 2.48. The number of aryl methyl sites for hydroxylation is 1. The lowest BCUT2D eigenvalue weighted by Crippen LogP contribution is -2.07. The first-order valence-electron chi connectivity index (χ1n) is 6.01. The molecule has 5 heteroatoms. The van der Waals surface area contributed by atoms with Crippen molar-refractivity contribution in [3.8, 4) is 0 Å². The van der Waals surface area contributed by atoms with Gasteiger partial charge in [-0.05, 0) is 32.0 Å². The number of benzene rings is 1. The summed E-state index contributed by atoms with van der Waals surface area (Å²) in [6.07, 6.45) is 0.738. The van der Waals surface area contributed by atoms with Gasteiger partial charge in [-0.1, -0.05) is 0 Å². The third kappa shape index (κ3) is 3.61. The lowest BCUT2D eigenvalue weighted by Gasteiger charge is -2.07.